The van der Waals surface area contributed by atoms with Gasteiger partial charge in [0.15, 0.2) is 11.6 Å². The summed E-state index contributed by atoms with van der Waals surface area (Å²) in [5.41, 5.74) is 0.393. The van der Waals surface area contributed by atoms with Gasteiger partial charge in [-0.2, -0.15) is 4.72 Å². The monoisotopic (exact) mass is 413 g/mol. The Balaban J connectivity index is 1.99. The SMILES string of the molecule is COc1ccc(OC)c(S(=O)(=O)NCC(=O)OCc2ccc(OC)c(F)c2)c1. The first-order valence-electron chi connectivity index (χ1n) is 8.00. The predicted molar refractivity (Wildman–Crippen MR) is 97.5 cm³/mol. The van der Waals surface area contributed by atoms with Gasteiger partial charge < -0.3 is 18.9 Å². The third-order valence-electron chi connectivity index (χ3n) is 3.68. The minimum Gasteiger partial charge on any atom is -0.497 e. The van der Waals surface area contributed by atoms with Gasteiger partial charge >= 0.3 is 5.97 Å². The van der Waals surface area contributed by atoms with Crippen LogP contribution in [0.5, 0.6) is 17.2 Å². The molecule has 0 saturated carbocycles. The van der Waals surface area contributed by atoms with E-state index in [4.69, 9.17) is 18.9 Å². The Morgan fingerprint density at radius 3 is 2.29 bits per heavy atom. The van der Waals surface area contributed by atoms with Crippen LogP contribution in [0, 0.1) is 5.82 Å². The van der Waals surface area contributed by atoms with E-state index in [2.05, 4.69) is 4.72 Å². The number of rotatable bonds is 9. The van der Waals surface area contributed by atoms with E-state index >= 15 is 0 Å². The van der Waals surface area contributed by atoms with Crippen molar-refractivity contribution in [2.45, 2.75) is 11.5 Å². The topological polar surface area (TPSA) is 100 Å². The van der Waals surface area contributed by atoms with E-state index in [-0.39, 0.29) is 23.0 Å². The van der Waals surface area contributed by atoms with Crippen molar-refractivity contribution >= 4 is 16.0 Å². The van der Waals surface area contributed by atoms with Crippen molar-refractivity contribution in [1.29, 1.82) is 0 Å². The second-order valence-electron chi connectivity index (χ2n) is 5.47. The number of methoxy groups -OCH3 is 3. The molecule has 10 heteroatoms. The van der Waals surface area contributed by atoms with Crippen molar-refractivity contribution < 1.29 is 36.6 Å². The number of nitrogens with one attached hydrogen (secondary N) is 1. The molecule has 0 aliphatic heterocycles. The lowest BCUT2D eigenvalue weighted by Crippen LogP contribution is -2.31. The summed E-state index contributed by atoms with van der Waals surface area (Å²) in [6.45, 7) is -0.828. The zero-order valence-corrected chi connectivity index (χ0v) is 16.3. The maximum absolute atomic E-state index is 13.6. The number of carbonyl (C=O) groups is 1. The number of ether oxygens (including phenoxy) is 4. The lowest BCUT2D eigenvalue weighted by molar-refractivity contribution is -0.143. The first-order valence-corrected chi connectivity index (χ1v) is 9.48. The summed E-state index contributed by atoms with van der Waals surface area (Å²) in [5.74, 6) is -0.959. The molecule has 0 saturated heterocycles. The van der Waals surface area contributed by atoms with Gasteiger partial charge in [0.05, 0.1) is 21.3 Å². The molecule has 1 N–H and O–H groups in total. The minimum absolute atomic E-state index is 0.0649. The molecule has 0 aliphatic carbocycles. The van der Waals surface area contributed by atoms with Gasteiger partial charge in [-0.15, -0.1) is 0 Å². The molecular weight excluding hydrogens is 393 g/mol. The van der Waals surface area contributed by atoms with Gasteiger partial charge in [0.1, 0.15) is 29.5 Å². The van der Waals surface area contributed by atoms with Crippen molar-refractivity contribution in [2.75, 3.05) is 27.9 Å². The van der Waals surface area contributed by atoms with Gasteiger partial charge in [0, 0.05) is 6.07 Å². The van der Waals surface area contributed by atoms with Crippen LogP contribution in [0.4, 0.5) is 4.39 Å². The smallest absolute Gasteiger partial charge is 0.321 e. The Morgan fingerprint density at radius 2 is 1.68 bits per heavy atom. The van der Waals surface area contributed by atoms with Crippen molar-refractivity contribution in [1.82, 2.24) is 4.72 Å². The summed E-state index contributed by atoms with van der Waals surface area (Å²) in [7, 11) is -0.0105. The molecule has 2 aromatic rings. The number of esters is 1. The van der Waals surface area contributed by atoms with Crippen LogP contribution >= 0.6 is 0 Å². The molecule has 0 bridgehead atoms. The molecule has 0 radical (unpaired) electrons. The fourth-order valence-electron chi connectivity index (χ4n) is 2.24. The van der Waals surface area contributed by atoms with Gasteiger partial charge in [-0.25, -0.2) is 12.8 Å². The molecule has 0 aromatic heterocycles. The first-order chi connectivity index (χ1) is 13.3. The zero-order chi connectivity index (χ0) is 20.7. The molecular formula is C18H20FNO7S. The largest absolute Gasteiger partial charge is 0.497 e. The molecule has 152 valence electrons. The fourth-order valence-corrected chi connectivity index (χ4v) is 3.39. The van der Waals surface area contributed by atoms with Gasteiger partial charge in [-0.1, -0.05) is 6.07 Å². The molecule has 0 amide bonds. The Kier molecular flexibility index (Phi) is 7.18. The van der Waals surface area contributed by atoms with Crippen LogP contribution in [-0.2, 0) is 26.2 Å². The van der Waals surface area contributed by atoms with Crippen molar-refractivity contribution in [3.63, 3.8) is 0 Å². The molecule has 0 spiro atoms. The third kappa shape index (κ3) is 5.33. The summed E-state index contributed by atoms with van der Waals surface area (Å²) in [6.07, 6.45) is 0. The number of sulfonamides is 1. The zero-order valence-electron chi connectivity index (χ0n) is 15.5. The Morgan fingerprint density at radius 1 is 1.00 bits per heavy atom. The number of halogens is 1. The van der Waals surface area contributed by atoms with Crippen LogP contribution in [0.2, 0.25) is 0 Å². The second kappa shape index (κ2) is 9.38. The van der Waals surface area contributed by atoms with Gasteiger partial charge in [-0.05, 0) is 29.8 Å². The van der Waals surface area contributed by atoms with Crippen LogP contribution in [0.15, 0.2) is 41.3 Å². The van der Waals surface area contributed by atoms with E-state index in [1.54, 1.807) is 6.07 Å². The highest BCUT2D eigenvalue weighted by Crippen LogP contribution is 2.27. The van der Waals surface area contributed by atoms with E-state index in [1.807, 2.05) is 0 Å². The standard InChI is InChI=1S/C18H20FNO7S/c1-24-13-5-7-16(26-3)17(9-13)28(22,23)20-10-18(21)27-11-12-4-6-15(25-2)14(19)8-12/h4-9,20H,10-11H2,1-3H3. The van der Waals surface area contributed by atoms with E-state index < -0.39 is 28.4 Å². The molecule has 0 atom stereocenters. The van der Waals surface area contributed by atoms with Crippen molar-refractivity contribution in [2.24, 2.45) is 0 Å². The highest BCUT2D eigenvalue weighted by Gasteiger charge is 2.22. The van der Waals surface area contributed by atoms with Crippen LogP contribution < -0.4 is 18.9 Å². The van der Waals surface area contributed by atoms with Crippen LogP contribution in [0.1, 0.15) is 5.56 Å². The third-order valence-corrected chi connectivity index (χ3v) is 5.11. The summed E-state index contributed by atoms with van der Waals surface area (Å²) >= 11 is 0. The fraction of sp³-hybridized carbons (Fsp3) is 0.278. The van der Waals surface area contributed by atoms with Crippen LogP contribution in [0.25, 0.3) is 0 Å². The molecule has 0 heterocycles. The molecule has 28 heavy (non-hydrogen) atoms. The Labute approximate surface area is 162 Å². The van der Waals surface area contributed by atoms with Gasteiger partial charge in [0.2, 0.25) is 10.0 Å². The number of benzene rings is 2. The van der Waals surface area contributed by atoms with Gasteiger partial charge in [0.25, 0.3) is 0 Å². The summed E-state index contributed by atoms with van der Waals surface area (Å²) in [4.78, 5) is 11.7. The molecule has 2 aromatic carbocycles. The van der Waals surface area contributed by atoms with E-state index in [0.717, 1.165) is 6.07 Å². The van der Waals surface area contributed by atoms with Gasteiger partial charge in [-0.3, -0.25) is 4.79 Å². The maximum Gasteiger partial charge on any atom is 0.321 e. The second-order valence-corrected chi connectivity index (χ2v) is 7.21. The van der Waals surface area contributed by atoms with Crippen molar-refractivity contribution in [3.8, 4) is 17.2 Å². The number of carbonyl (C=O) groups excluding carboxylic acids is 1. The van der Waals surface area contributed by atoms with E-state index in [9.17, 15) is 17.6 Å². The summed E-state index contributed by atoms with van der Waals surface area (Å²) < 4.78 is 60.5. The average Bonchev–Trinajstić information content (AvgIpc) is 2.70. The predicted octanol–water partition coefficient (Wildman–Crippen LogP) is 1.87. The summed E-state index contributed by atoms with van der Waals surface area (Å²) in [5, 5.41) is 0. The van der Waals surface area contributed by atoms with Crippen molar-refractivity contribution in [3.05, 3.63) is 47.8 Å². The number of hydrogen-bond acceptors (Lipinski definition) is 7. The number of hydrogen-bond donors (Lipinski definition) is 1. The van der Waals surface area contributed by atoms with E-state index in [0.29, 0.717) is 11.3 Å². The Bertz CT molecular complexity index is 947. The lowest BCUT2D eigenvalue weighted by Gasteiger charge is -2.12. The van der Waals surface area contributed by atoms with Crippen LogP contribution in [0.3, 0.4) is 0 Å². The molecule has 2 rings (SSSR count). The molecule has 0 fully saturated rings. The quantitative estimate of drug-likeness (QED) is 0.627. The molecule has 0 unspecified atom stereocenters. The highest BCUT2D eigenvalue weighted by molar-refractivity contribution is 7.89. The Hall–Kier alpha value is -2.85. The molecule has 0 aliphatic rings. The maximum atomic E-state index is 13.6. The van der Waals surface area contributed by atoms with E-state index in [1.165, 1.54) is 45.6 Å². The lowest BCUT2D eigenvalue weighted by atomic mass is 10.2. The summed E-state index contributed by atoms with van der Waals surface area (Å²) in [6, 6.07) is 8.34. The molecule has 8 nitrogen and oxygen atoms in total. The first kappa shape index (κ1) is 21.5. The minimum atomic E-state index is -4.06. The van der Waals surface area contributed by atoms with Crippen LogP contribution in [-0.4, -0.2) is 42.3 Å². The average molecular weight is 413 g/mol. The highest BCUT2D eigenvalue weighted by atomic mass is 32.2. The normalized spacial score (nSPS) is 11.0.